The summed E-state index contributed by atoms with van der Waals surface area (Å²) in [7, 11) is 0. The molecule has 1 heterocycles. The van der Waals surface area contributed by atoms with Gasteiger partial charge in [0.1, 0.15) is 0 Å². The van der Waals surface area contributed by atoms with Gasteiger partial charge in [0.15, 0.2) is 0 Å². The summed E-state index contributed by atoms with van der Waals surface area (Å²) in [5.74, 6) is -0.231. The molecule has 1 fully saturated rings. The molecule has 132 valence electrons. The first-order chi connectivity index (χ1) is 11.1. The maximum absolute atomic E-state index is 12.1. The molecule has 1 aliphatic rings. The summed E-state index contributed by atoms with van der Waals surface area (Å²) in [6.07, 6.45) is 0.560. The number of esters is 1. The molecule has 0 atom stereocenters. The molecule has 0 aromatic rings. The van der Waals surface area contributed by atoms with Crippen LogP contribution in [0.15, 0.2) is 0 Å². The van der Waals surface area contributed by atoms with E-state index in [1.807, 2.05) is 4.90 Å². The summed E-state index contributed by atoms with van der Waals surface area (Å²) < 4.78 is 9.68. The summed E-state index contributed by atoms with van der Waals surface area (Å²) in [4.78, 5) is 38.6. The highest BCUT2D eigenvalue weighted by molar-refractivity contribution is 5.77. The van der Waals surface area contributed by atoms with Crippen LogP contribution in [0.2, 0.25) is 0 Å². The van der Waals surface area contributed by atoms with E-state index in [1.54, 1.807) is 18.7 Å². The van der Waals surface area contributed by atoms with Gasteiger partial charge >= 0.3 is 12.1 Å². The molecule has 0 unspecified atom stereocenters. The van der Waals surface area contributed by atoms with E-state index in [0.29, 0.717) is 32.8 Å². The average molecular weight is 329 g/mol. The van der Waals surface area contributed by atoms with Crippen LogP contribution in [0.5, 0.6) is 0 Å². The van der Waals surface area contributed by atoms with Crippen LogP contribution in [0.1, 0.15) is 26.7 Å². The fraction of sp³-hybridized carbons (Fsp3) is 0.800. The van der Waals surface area contributed by atoms with Gasteiger partial charge < -0.3 is 19.7 Å². The minimum Gasteiger partial charge on any atom is -0.465 e. The highest BCUT2D eigenvalue weighted by atomic mass is 16.5. The zero-order chi connectivity index (χ0) is 17.1. The number of alkyl carbamates (subject to hydrolysis) is 1. The molecule has 2 amide bonds. The monoisotopic (exact) mass is 329 g/mol. The molecule has 1 N–H and O–H groups in total. The van der Waals surface area contributed by atoms with Gasteiger partial charge in [-0.25, -0.2) is 4.79 Å². The smallest absolute Gasteiger partial charge is 0.407 e. The molecule has 0 saturated carbocycles. The molecule has 1 saturated heterocycles. The van der Waals surface area contributed by atoms with Crippen LogP contribution < -0.4 is 5.32 Å². The Bertz CT molecular complexity index is 403. The molecule has 0 aromatic carbocycles. The normalized spacial score (nSPS) is 15.7. The number of hydrogen-bond donors (Lipinski definition) is 1. The first-order valence-electron chi connectivity index (χ1n) is 8.13. The lowest BCUT2D eigenvalue weighted by Crippen LogP contribution is -2.38. The van der Waals surface area contributed by atoms with Crippen LogP contribution >= 0.6 is 0 Å². The number of amides is 2. The number of nitrogens with zero attached hydrogens (tertiary/aromatic N) is 2. The number of rotatable bonds is 7. The largest absolute Gasteiger partial charge is 0.465 e. The van der Waals surface area contributed by atoms with E-state index in [9.17, 15) is 14.4 Å². The summed E-state index contributed by atoms with van der Waals surface area (Å²) in [6, 6.07) is 0. The van der Waals surface area contributed by atoms with E-state index >= 15 is 0 Å². The van der Waals surface area contributed by atoms with Crippen LogP contribution in [0.25, 0.3) is 0 Å². The van der Waals surface area contributed by atoms with E-state index < -0.39 is 6.09 Å². The van der Waals surface area contributed by atoms with Crippen molar-refractivity contribution in [1.29, 1.82) is 0 Å². The topological polar surface area (TPSA) is 88.2 Å². The van der Waals surface area contributed by atoms with Crippen molar-refractivity contribution in [1.82, 2.24) is 15.1 Å². The molecular weight excluding hydrogens is 302 g/mol. The van der Waals surface area contributed by atoms with E-state index in [-0.39, 0.29) is 31.4 Å². The zero-order valence-electron chi connectivity index (χ0n) is 14.0. The third-order valence-electron chi connectivity index (χ3n) is 3.48. The van der Waals surface area contributed by atoms with Crippen molar-refractivity contribution >= 4 is 18.0 Å². The van der Waals surface area contributed by atoms with Gasteiger partial charge in [-0.05, 0) is 20.3 Å². The third-order valence-corrected chi connectivity index (χ3v) is 3.48. The summed E-state index contributed by atoms with van der Waals surface area (Å²) in [5, 5.41) is 2.54. The lowest BCUT2D eigenvalue weighted by atomic mass is 10.3. The molecule has 0 bridgehead atoms. The number of carbonyl (C=O) groups is 3. The van der Waals surface area contributed by atoms with E-state index in [4.69, 9.17) is 9.47 Å². The molecule has 1 rings (SSSR count). The summed E-state index contributed by atoms with van der Waals surface area (Å²) >= 11 is 0. The second kappa shape index (κ2) is 10.8. The Balaban J connectivity index is 2.29. The quantitative estimate of drug-likeness (QED) is 0.672. The highest BCUT2D eigenvalue weighted by Crippen LogP contribution is 2.05. The van der Waals surface area contributed by atoms with Gasteiger partial charge in [0, 0.05) is 39.1 Å². The van der Waals surface area contributed by atoms with Crippen molar-refractivity contribution < 1.29 is 23.9 Å². The molecule has 8 heteroatoms. The van der Waals surface area contributed by atoms with Crippen molar-refractivity contribution in [2.45, 2.75) is 26.7 Å². The van der Waals surface area contributed by atoms with Gasteiger partial charge in [-0.1, -0.05) is 0 Å². The lowest BCUT2D eigenvalue weighted by Gasteiger charge is -2.21. The highest BCUT2D eigenvalue weighted by Gasteiger charge is 2.20. The summed E-state index contributed by atoms with van der Waals surface area (Å²) in [6.45, 7) is 7.39. The molecule has 1 aliphatic heterocycles. The second-order valence-electron chi connectivity index (χ2n) is 5.21. The van der Waals surface area contributed by atoms with Crippen molar-refractivity contribution in [3.05, 3.63) is 0 Å². The summed E-state index contributed by atoms with van der Waals surface area (Å²) in [5.41, 5.74) is 0. The predicted molar refractivity (Wildman–Crippen MR) is 83.9 cm³/mol. The molecular formula is C15H27N3O5. The van der Waals surface area contributed by atoms with E-state index in [0.717, 1.165) is 13.0 Å². The number of hydrogen-bond acceptors (Lipinski definition) is 6. The van der Waals surface area contributed by atoms with Gasteiger partial charge in [-0.15, -0.1) is 0 Å². The van der Waals surface area contributed by atoms with Crippen LogP contribution in [-0.4, -0.2) is 80.3 Å². The molecule has 0 aliphatic carbocycles. The fourth-order valence-corrected chi connectivity index (χ4v) is 2.38. The number of nitrogens with one attached hydrogen (secondary N) is 1. The Morgan fingerprint density at radius 2 is 1.74 bits per heavy atom. The third kappa shape index (κ3) is 7.83. The van der Waals surface area contributed by atoms with Gasteiger partial charge in [0.25, 0.3) is 0 Å². The van der Waals surface area contributed by atoms with E-state index in [2.05, 4.69) is 5.32 Å². The molecule has 23 heavy (non-hydrogen) atoms. The standard InChI is InChI=1S/C15H27N3O5/c1-3-22-14(20)12-17-8-5-9-18(11-10-17)13(19)6-7-16-15(21)23-4-2/h3-12H2,1-2H3,(H,16,21). The lowest BCUT2D eigenvalue weighted by molar-refractivity contribution is -0.144. The second-order valence-corrected chi connectivity index (χ2v) is 5.21. The van der Waals surface area contributed by atoms with Gasteiger partial charge in [0.05, 0.1) is 19.8 Å². The maximum Gasteiger partial charge on any atom is 0.407 e. The fourth-order valence-electron chi connectivity index (χ4n) is 2.38. The Kier molecular flexibility index (Phi) is 9.04. The number of ether oxygens (including phenoxy) is 2. The van der Waals surface area contributed by atoms with Gasteiger partial charge in [-0.2, -0.15) is 0 Å². The van der Waals surface area contributed by atoms with Crippen LogP contribution in [0, 0.1) is 0 Å². The Morgan fingerprint density at radius 1 is 1.00 bits per heavy atom. The average Bonchev–Trinajstić information content (AvgIpc) is 2.73. The van der Waals surface area contributed by atoms with Crippen molar-refractivity contribution in [3.8, 4) is 0 Å². The minimum atomic E-state index is -0.503. The molecule has 8 nitrogen and oxygen atoms in total. The zero-order valence-corrected chi connectivity index (χ0v) is 14.0. The Morgan fingerprint density at radius 3 is 2.43 bits per heavy atom. The van der Waals surface area contributed by atoms with Gasteiger partial charge in [0.2, 0.25) is 5.91 Å². The van der Waals surface area contributed by atoms with Crippen LogP contribution in [0.4, 0.5) is 4.79 Å². The molecule has 0 spiro atoms. The molecule has 0 aromatic heterocycles. The predicted octanol–water partition coefficient (Wildman–Crippen LogP) is 0.220. The van der Waals surface area contributed by atoms with Crippen molar-refractivity contribution in [2.75, 3.05) is 52.5 Å². The van der Waals surface area contributed by atoms with Gasteiger partial charge in [-0.3, -0.25) is 14.5 Å². The van der Waals surface area contributed by atoms with Crippen molar-refractivity contribution in [2.24, 2.45) is 0 Å². The maximum atomic E-state index is 12.1. The van der Waals surface area contributed by atoms with Crippen LogP contribution in [-0.2, 0) is 19.1 Å². The number of carbonyl (C=O) groups excluding carboxylic acids is 3. The molecule has 0 radical (unpaired) electrons. The Hall–Kier alpha value is -1.83. The first-order valence-corrected chi connectivity index (χ1v) is 8.13. The van der Waals surface area contributed by atoms with Crippen LogP contribution in [0.3, 0.4) is 0 Å². The first kappa shape index (κ1) is 19.2. The Labute approximate surface area is 137 Å². The van der Waals surface area contributed by atoms with E-state index in [1.165, 1.54) is 0 Å². The SMILES string of the molecule is CCOC(=O)CN1CCCN(C(=O)CCNC(=O)OCC)CC1. The van der Waals surface area contributed by atoms with Crippen molar-refractivity contribution in [3.63, 3.8) is 0 Å². The minimum absolute atomic E-state index is 0.000201.